The van der Waals surface area contributed by atoms with Crippen molar-refractivity contribution in [3.8, 4) is 11.1 Å². The normalized spacial score (nSPS) is 11.2. The molecule has 0 unspecified atom stereocenters. The van der Waals surface area contributed by atoms with Gasteiger partial charge in [-0.1, -0.05) is 30.5 Å². The molecule has 0 atom stereocenters. The number of halogens is 2. The average Bonchev–Trinajstić information content (AvgIpc) is 3.22. The van der Waals surface area contributed by atoms with E-state index in [0.29, 0.717) is 33.8 Å². The molecule has 0 aliphatic heterocycles. The summed E-state index contributed by atoms with van der Waals surface area (Å²) in [6.07, 6.45) is 3.54. The van der Waals surface area contributed by atoms with Crippen LogP contribution in [0.4, 0.5) is 21.5 Å². The maximum atomic E-state index is 14.5. The summed E-state index contributed by atoms with van der Waals surface area (Å²) in [5.41, 5.74) is 3.95. The highest BCUT2D eigenvalue weighted by Crippen LogP contribution is 2.37. The number of rotatable bonds is 7. The Hall–Kier alpha value is -2.97. The summed E-state index contributed by atoms with van der Waals surface area (Å²) < 4.78 is 21.1. The Labute approximate surface area is 194 Å². The minimum Gasteiger partial charge on any atom is -0.353 e. The number of hydrogen-bond acceptors (Lipinski definition) is 5. The van der Waals surface area contributed by atoms with Gasteiger partial charge in [0.15, 0.2) is 0 Å². The maximum absolute atomic E-state index is 14.5. The molecule has 2 N–H and O–H groups in total. The van der Waals surface area contributed by atoms with Gasteiger partial charge in [0.25, 0.3) is 5.56 Å². The van der Waals surface area contributed by atoms with Crippen molar-refractivity contribution in [1.82, 2.24) is 14.3 Å². The van der Waals surface area contributed by atoms with Crippen LogP contribution in [0.5, 0.6) is 0 Å². The van der Waals surface area contributed by atoms with Crippen LogP contribution in [0.2, 0.25) is 5.02 Å². The number of hydrogen-bond donors (Lipinski definition) is 2. The van der Waals surface area contributed by atoms with Crippen LogP contribution in [0.25, 0.3) is 22.0 Å². The van der Waals surface area contributed by atoms with Crippen LogP contribution in [0, 0.1) is 5.82 Å². The van der Waals surface area contributed by atoms with E-state index in [1.807, 2.05) is 25.1 Å². The topological polar surface area (TPSA) is 63.9 Å². The van der Waals surface area contributed by atoms with Crippen molar-refractivity contribution < 1.29 is 4.39 Å². The minimum atomic E-state index is -0.451. The molecule has 2 heterocycles. The summed E-state index contributed by atoms with van der Waals surface area (Å²) in [7, 11) is 1.72. The van der Waals surface area contributed by atoms with Crippen molar-refractivity contribution in [2.75, 3.05) is 15.8 Å². The van der Waals surface area contributed by atoms with E-state index in [1.54, 1.807) is 52.8 Å². The Morgan fingerprint density at radius 2 is 1.88 bits per heavy atom. The molecule has 0 fully saturated rings. The Balaban J connectivity index is 1.92. The third-order valence-electron chi connectivity index (χ3n) is 5.06. The van der Waals surface area contributed by atoms with Gasteiger partial charge < -0.3 is 14.6 Å². The van der Waals surface area contributed by atoms with E-state index < -0.39 is 5.82 Å². The minimum absolute atomic E-state index is 0.113. The quantitative estimate of drug-likeness (QED) is 0.322. The van der Waals surface area contributed by atoms with Crippen LogP contribution in [-0.4, -0.2) is 20.1 Å². The van der Waals surface area contributed by atoms with Gasteiger partial charge in [0.05, 0.1) is 11.1 Å². The molecule has 6 nitrogen and oxygen atoms in total. The highest BCUT2D eigenvalue weighted by atomic mass is 35.5. The first-order chi connectivity index (χ1) is 15.4. The molecular formula is C23H23ClFN5OS. The van der Waals surface area contributed by atoms with Gasteiger partial charge in [-0.15, -0.1) is 0 Å². The van der Waals surface area contributed by atoms with Gasteiger partial charge in [0, 0.05) is 59.3 Å². The van der Waals surface area contributed by atoms with E-state index in [1.165, 1.54) is 6.07 Å². The lowest BCUT2D eigenvalue weighted by atomic mass is 10.0. The lowest BCUT2D eigenvalue weighted by Gasteiger charge is -2.16. The fraction of sp³-hybridized carbons (Fsp3) is 0.217. The molecule has 9 heteroatoms. The second-order valence-corrected chi connectivity index (χ2v) is 8.76. The predicted octanol–water partition coefficient (Wildman–Crippen LogP) is 6.04. The van der Waals surface area contributed by atoms with Crippen LogP contribution in [0.15, 0.2) is 53.6 Å². The monoisotopic (exact) mass is 471 g/mol. The lowest BCUT2D eigenvalue weighted by Crippen LogP contribution is -2.16. The number of aromatic nitrogens is 3. The number of nitrogens with zero attached hydrogens (tertiary/aromatic N) is 3. The second kappa shape index (κ2) is 9.26. The maximum Gasteiger partial charge on any atom is 0.261 e. The average molecular weight is 472 g/mol. The molecule has 0 saturated carbocycles. The molecule has 0 aliphatic rings. The number of anilines is 3. The van der Waals surface area contributed by atoms with Crippen LogP contribution < -0.4 is 15.6 Å². The first-order valence-electron chi connectivity index (χ1n) is 10.2. The molecule has 0 spiro atoms. The van der Waals surface area contributed by atoms with Crippen molar-refractivity contribution in [3.05, 3.63) is 70.0 Å². The van der Waals surface area contributed by atoms with Crippen LogP contribution >= 0.6 is 23.5 Å². The van der Waals surface area contributed by atoms with Gasteiger partial charge in [0.1, 0.15) is 11.3 Å². The van der Waals surface area contributed by atoms with E-state index in [9.17, 15) is 9.18 Å². The van der Waals surface area contributed by atoms with Crippen molar-refractivity contribution in [2.24, 2.45) is 7.05 Å². The van der Waals surface area contributed by atoms with Crippen molar-refractivity contribution in [2.45, 2.75) is 20.4 Å². The molecule has 0 amide bonds. The number of pyridine rings is 1. The first-order valence-corrected chi connectivity index (χ1v) is 11.6. The molecule has 0 aliphatic carbocycles. The van der Waals surface area contributed by atoms with E-state index in [-0.39, 0.29) is 5.56 Å². The van der Waals surface area contributed by atoms with Crippen LogP contribution in [0.3, 0.4) is 0 Å². The van der Waals surface area contributed by atoms with Crippen LogP contribution in [-0.2, 0) is 13.6 Å². The molecule has 0 bridgehead atoms. The van der Waals surface area contributed by atoms with Crippen LogP contribution in [0.1, 0.15) is 13.8 Å². The zero-order valence-electron chi connectivity index (χ0n) is 17.9. The lowest BCUT2D eigenvalue weighted by molar-refractivity contribution is 0.632. The van der Waals surface area contributed by atoms with E-state index >= 15 is 0 Å². The van der Waals surface area contributed by atoms with Gasteiger partial charge in [-0.2, -0.15) is 5.10 Å². The molecule has 0 saturated heterocycles. The number of aryl methyl sites for hydroxylation is 2. The Bertz CT molecular complexity index is 1350. The Morgan fingerprint density at radius 3 is 2.59 bits per heavy atom. The summed E-state index contributed by atoms with van der Waals surface area (Å²) in [6, 6.07) is 10.3. The molecule has 166 valence electrons. The summed E-state index contributed by atoms with van der Waals surface area (Å²) >= 11 is 7.48. The predicted molar refractivity (Wildman–Crippen MR) is 133 cm³/mol. The van der Waals surface area contributed by atoms with Gasteiger partial charge in [0.2, 0.25) is 0 Å². The molecule has 32 heavy (non-hydrogen) atoms. The third-order valence-corrected chi connectivity index (χ3v) is 5.96. The van der Waals surface area contributed by atoms with Crippen molar-refractivity contribution in [3.63, 3.8) is 0 Å². The largest absolute Gasteiger partial charge is 0.353 e. The molecule has 0 radical (unpaired) electrons. The summed E-state index contributed by atoms with van der Waals surface area (Å²) in [4.78, 5) is 12.7. The molecule has 4 aromatic rings. The number of benzene rings is 2. The second-order valence-electron chi connectivity index (χ2n) is 7.25. The van der Waals surface area contributed by atoms with Gasteiger partial charge in [-0.3, -0.25) is 9.48 Å². The van der Waals surface area contributed by atoms with Gasteiger partial charge >= 0.3 is 0 Å². The standard InChI is InChI=1S/C23H23ClFN5OS/c1-4-30-13-18-22(27-30)17(12-29(3)23(18)31)16-11-15(28-32-5-2)7-9-20(16)26-21-8-6-14(24)10-19(21)25/h6-13,26,28H,4-5H2,1-3H3. The fourth-order valence-corrected chi connectivity index (χ4v) is 4.07. The fourth-order valence-electron chi connectivity index (χ4n) is 3.47. The zero-order chi connectivity index (χ0) is 22.8. The number of nitrogens with one attached hydrogen (secondary N) is 2. The first kappa shape index (κ1) is 22.2. The highest BCUT2D eigenvalue weighted by Gasteiger charge is 2.17. The third kappa shape index (κ3) is 4.33. The highest BCUT2D eigenvalue weighted by molar-refractivity contribution is 8.00. The smallest absolute Gasteiger partial charge is 0.261 e. The number of fused-ring (bicyclic) bond motifs is 1. The Morgan fingerprint density at radius 1 is 1.09 bits per heavy atom. The summed E-state index contributed by atoms with van der Waals surface area (Å²) in [5, 5.41) is 8.68. The molecule has 2 aromatic heterocycles. The zero-order valence-corrected chi connectivity index (χ0v) is 19.5. The van der Waals surface area contributed by atoms with E-state index in [4.69, 9.17) is 11.6 Å². The summed E-state index contributed by atoms with van der Waals surface area (Å²) in [6.45, 7) is 4.68. The molecular weight excluding hydrogens is 449 g/mol. The SMILES string of the molecule is CCSNc1ccc(Nc2ccc(Cl)cc2F)c(-c2cn(C)c(=O)c3cn(CC)nc23)c1. The van der Waals surface area contributed by atoms with Gasteiger partial charge in [-0.05, 0) is 43.3 Å². The Kier molecular flexibility index (Phi) is 6.43. The molecule has 2 aromatic carbocycles. The van der Waals surface area contributed by atoms with E-state index in [0.717, 1.165) is 22.6 Å². The molecule has 4 rings (SSSR count). The van der Waals surface area contributed by atoms with E-state index in [2.05, 4.69) is 22.1 Å². The van der Waals surface area contributed by atoms with Gasteiger partial charge in [-0.25, -0.2) is 4.39 Å². The summed E-state index contributed by atoms with van der Waals surface area (Å²) in [5.74, 6) is 0.448. The van der Waals surface area contributed by atoms with Crippen molar-refractivity contribution >= 4 is 51.5 Å². The van der Waals surface area contributed by atoms with Crippen molar-refractivity contribution in [1.29, 1.82) is 0 Å².